The van der Waals surface area contributed by atoms with Crippen LogP contribution in [0.25, 0.3) is 0 Å². The summed E-state index contributed by atoms with van der Waals surface area (Å²) in [6.07, 6.45) is 26.4. The molecular formula is C57H91BN4O13. The van der Waals surface area contributed by atoms with Crippen molar-refractivity contribution in [3.63, 3.8) is 0 Å². The van der Waals surface area contributed by atoms with Crippen LogP contribution in [0.3, 0.4) is 0 Å². The number of hydrogen-bond acceptors (Lipinski definition) is 15. The first-order chi connectivity index (χ1) is 35.7. The molecule has 7 atom stereocenters. The first-order valence-corrected chi connectivity index (χ1v) is 28.6. The Labute approximate surface area is 447 Å². The Morgan fingerprint density at radius 3 is 1.99 bits per heavy atom. The topological polar surface area (TPSA) is 210 Å². The van der Waals surface area contributed by atoms with Crippen LogP contribution in [0, 0.1) is 11.8 Å². The van der Waals surface area contributed by atoms with E-state index in [9.17, 15) is 43.7 Å². The van der Waals surface area contributed by atoms with Crippen LogP contribution in [0.2, 0.25) is 6.82 Å². The molecule has 0 aromatic carbocycles. The van der Waals surface area contributed by atoms with Crippen LogP contribution >= 0.6 is 0 Å². The number of carbonyl (C=O) groups is 7. The van der Waals surface area contributed by atoms with Crippen molar-refractivity contribution in [3.8, 4) is 0 Å². The molecule has 0 aromatic rings. The van der Waals surface area contributed by atoms with Gasteiger partial charge in [0.15, 0.2) is 5.78 Å². The van der Waals surface area contributed by atoms with Gasteiger partial charge in [-0.1, -0.05) is 25.8 Å². The molecule has 0 aromatic heterocycles. The summed E-state index contributed by atoms with van der Waals surface area (Å²) >= 11 is 0. The summed E-state index contributed by atoms with van der Waals surface area (Å²) < 4.78 is 19.9. The van der Waals surface area contributed by atoms with E-state index in [4.69, 9.17) is 14.2 Å². The van der Waals surface area contributed by atoms with Crippen LogP contribution in [0.1, 0.15) is 194 Å². The van der Waals surface area contributed by atoms with Gasteiger partial charge >= 0.3 is 37.0 Å². The Kier molecular flexibility index (Phi) is 21.1. The predicted molar refractivity (Wildman–Crippen MR) is 284 cm³/mol. The number of carboxylic acid groups (broad SMARTS) is 1. The molecular weight excluding hydrogens is 959 g/mol. The number of methoxy groups -OCH3 is 3. The van der Waals surface area contributed by atoms with Gasteiger partial charge < -0.3 is 38.8 Å². The maximum Gasteiger partial charge on any atom is 0.411 e. The number of allylic oxidation sites excluding steroid dienone is 2. The SMILES string of the molecule is C=C1CCCCC1=O.COC(=O)C1(CC2CCCCC2=O)CCCN1B(C)O.COC(=O)C12CCCN1C1=C(CCCC1)C2.COC(=O)C1CCCN1C(=O)OC(C)(C)C.O=C(O)C12CCCN1C1CCCCC1C2. The van der Waals surface area contributed by atoms with Crippen molar-refractivity contribution in [1.29, 1.82) is 0 Å². The average Bonchev–Trinajstić information content (AvgIpc) is 4.27. The number of fused-ring (bicyclic) bond motifs is 5. The third-order valence-electron chi connectivity index (χ3n) is 17.9. The number of aliphatic carboxylic acids is 1. The smallest absolute Gasteiger partial charge is 0.411 e. The maximum absolute atomic E-state index is 12.3. The van der Waals surface area contributed by atoms with Gasteiger partial charge in [-0.2, -0.15) is 0 Å². The molecule has 6 heterocycles. The molecule has 2 N–H and O–H groups in total. The van der Waals surface area contributed by atoms with E-state index in [1.807, 2.05) is 0 Å². The molecule has 3 saturated carbocycles. The van der Waals surface area contributed by atoms with Crippen molar-refractivity contribution in [2.24, 2.45) is 11.8 Å². The molecule has 4 aliphatic carbocycles. The van der Waals surface area contributed by atoms with Crippen molar-refractivity contribution < 1.29 is 62.6 Å². The number of carboxylic acids is 1. The third-order valence-corrected chi connectivity index (χ3v) is 17.9. The first kappa shape index (κ1) is 60.0. The largest absolute Gasteiger partial charge is 0.480 e. The second-order valence-corrected chi connectivity index (χ2v) is 23.8. The van der Waals surface area contributed by atoms with Crippen molar-refractivity contribution in [2.45, 2.75) is 235 Å². The van der Waals surface area contributed by atoms with E-state index in [-0.39, 0.29) is 40.9 Å². The molecule has 0 radical (unpaired) electrons. The molecule has 8 fully saturated rings. The molecule has 6 aliphatic heterocycles. The fourth-order valence-electron chi connectivity index (χ4n) is 14.4. The number of hydrogen-bond donors (Lipinski definition) is 2. The number of ether oxygens (including phenoxy) is 4. The van der Waals surface area contributed by atoms with Crippen molar-refractivity contribution in [1.82, 2.24) is 19.5 Å². The van der Waals surface area contributed by atoms with Gasteiger partial charge in [0.2, 0.25) is 0 Å². The zero-order valence-electron chi connectivity index (χ0n) is 46.7. The van der Waals surface area contributed by atoms with Crippen LogP contribution in [0.4, 0.5) is 4.79 Å². The predicted octanol–water partition coefficient (Wildman–Crippen LogP) is 8.59. The molecule has 10 rings (SSSR count). The van der Waals surface area contributed by atoms with E-state index >= 15 is 0 Å². The summed E-state index contributed by atoms with van der Waals surface area (Å²) in [6.45, 7) is 14.0. The lowest BCUT2D eigenvalue weighted by molar-refractivity contribution is -0.153. The van der Waals surface area contributed by atoms with E-state index in [0.29, 0.717) is 50.7 Å². The molecule has 17 nitrogen and oxygen atoms in total. The van der Waals surface area contributed by atoms with E-state index < -0.39 is 41.8 Å². The van der Waals surface area contributed by atoms with Gasteiger partial charge in [-0.05, 0) is 193 Å². The lowest BCUT2D eigenvalue weighted by atomic mass is 9.72. The summed E-state index contributed by atoms with van der Waals surface area (Å²) in [4.78, 5) is 89.9. The summed E-state index contributed by atoms with van der Waals surface area (Å²) in [6, 6.07) is 0.109. The molecule has 10 aliphatic rings. The van der Waals surface area contributed by atoms with Gasteiger partial charge in [-0.3, -0.25) is 29.0 Å². The summed E-state index contributed by atoms with van der Waals surface area (Å²) in [5, 5.41) is 19.4. The minimum absolute atomic E-state index is 0.0144. The molecule has 5 saturated heterocycles. The number of rotatable bonds is 7. The van der Waals surface area contributed by atoms with Crippen LogP contribution in [0.5, 0.6) is 0 Å². The van der Waals surface area contributed by atoms with Crippen molar-refractivity contribution in [2.75, 3.05) is 47.5 Å². The van der Waals surface area contributed by atoms with Crippen LogP contribution in [0.15, 0.2) is 23.4 Å². The quantitative estimate of drug-likeness (QED) is 0.106. The van der Waals surface area contributed by atoms with Gasteiger partial charge in [-0.15, -0.1) is 0 Å². The Morgan fingerprint density at radius 1 is 0.707 bits per heavy atom. The number of Topliss-reactive ketones (excluding diaryl/α,β-unsaturated/α-hetero) is 2. The number of likely N-dealkylation sites (tertiary alicyclic amines) is 1. The van der Waals surface area contributed by atoms with Crippen molar-refractivity contribution in [3.05, 3.63) is 23.4 Å². The van der Waals surface area contributed by atoms with Gasteiger partial charge in [-0.25, -0.2) is 14.4 Å². The minimum Gasteiger partial charge on any atom is -0.480 e. The zero-order chi connectivity index (χ0) is 54.7. The Morgan fingerprint density at radius 2 is 1.35 bits per heavy atom. The molecule has 1 amide bonds. The Bertz CT molecular complexity index is 2090. The summed E-state index contributed by atoms with van der Waals surface area (Å²) in [5.74, 6) is -0.114. The van der Waals surface area contributed by atoms with Gasteiger partial charge in [0.25, 0.3) is 0 Å². The fourth-order valence-corrected chi connectivity index (χ4v) is 14.4. The van der Waals surface area contributed by atoms with Crippen LogP contribution < -0.4 is 0 Å². The van der Waals surface area contributed by atoms with Gasteiger partial charge in [0.1, 0.15) is 34.0 Å². The molecule has 0 spiro atoms. The second kappa shape index (κ2) is 26.4. The molecule has 7 unspecified atom stereocenters. The van der Waals surface area contributed by atoms with E-state index in [0.717, 1.165) is 115 Å². The number of amides is 1. The normalized spacial score (nSPS) is 31.1. The molecule has 0 bridgehead atoms. The first-order valence-electron chi connectivity index (χ1n) is 28.6. The average molecular weight is 1050 g/mol. The van der Waals surface area contributed by atoms with Gasteiger partial charge in [0, 0.05) is 50.0 Å². The standard InChI is InChI=1S/C14H24BNO4.C13H19NO2.C12H19NO2.C11H19NO4.C7H10O/c1-15(19)16-9-5-8-14(16,13(18)20-2)10-11-6-3-4-7-12(11)17;1-16-12(15)13-7-4-8-14(13)11-6-3-2-5-10(11)9-13;14-11(15)12-6-3-7-13(12)10-5-2-1-4-9(10)8-12;1-11(2,3)16-10(14)12-7-5-6-8(12)9(13)15-4;1-6-4-2-3-5-7(6)8/h11,19H,3-10H2,1-2H3;2-9H2,1H3;9-10H,1-8H2,(H,14,15);8H,5-7H2,1-4H3;1-5H2. The second-order valence-electron chi connectivity index (χ2n) is 23.8. The lowest BCUT2D eigenvalue weighted by Gasteiger charge is -2.39. The van der Waals surface area contributed by atoms with Crippen molar-refractivity contribution >= 4 is 48.6 Å². The van der Waals surface area contributed by atoms with Crippen LogP contribution in [-0.2, 0) is 47.7 Å². The highest BCUT2D eigenvalue weighted by Gasteiger charge is 2.59. The summed E-state index contributed by atoms with van der Waals surface area (Å²) in [7, 11) is 3.53. The Balaban J connectivity index is 0.000000156. The van der Waals surface area contributed by atoms with Gasteiger partial charge in [0.05, 0.1) is 21.3 Å². The highest BCUT2D eigenvalue weighted by atomic mass is 16.6. The number of esters is 3. The number of nitrogens with zero attached hydrogens (tertiary/aromatic N) is 4. The minimum atomic E-state index is -0.819. The number of ketones is 2. The maximum atomic E-state index is 12.3. The molecule has 18 heteroatoms. The third kappa shape index (κ3) is 13.7. The fraction of sp³-hybridized carbons (Fsp3) is 0.807. The monoisotopic (exact) mass is 1050 g/mol. The Hall–Kier alpha value is -4.29. The highest BCUT2D eigenvalue weighted by molar-refractivity contribution is 6.46. The van der Waals surface area contributed by atoms with Crippen LogP contribution in [-0.4, -0.2) is 160 Å². The van der Waals surface area contributed by atoms with E-state index in [1.54, 1.807) is 32.4 Å². The molecule has 75 heavy (non-hydrogen) atoms. The number of carbonyl (C=O) groups excluding carboxylic acids is 6. The lowest BCUT2D eigenvalue weighted by Crippen LogP contribution is -2.57. The molecule has 420 valence electrons. The zero-order valence-corrected chi connectivity index (χ0v) is 46.7. The summed E-state index contributed by atoms with van der Waals surface area (Å²) in [5.41, 5.74) is 1.73. The van der Waals surface area contributed by atoms with E-state index in [1.165, 1.54) is 88.9 Å². The highest BCUT2D eigenvalue weighted by Crippen LogP contribution is 2.51. The van der Waals surface area contributed by atoms with E-state index in [2.05, 4.69) is 21.1 Å².